The van der Waals surface area contributed by atoms with E-state index >= 15 is 0 Å². The van der Waals surface area contributed by atoms with Crippen LogP contribution in [0.3, 0.4) is 0 Å². The summed E-state index contributed by atoms with van der Waals surface area (Å²) in [6, 6.07) is 8.00. The van der Waals surface area contributed by atoms with Gasteiger partial charge >= 0.3 is 0 Å². The van der Waals surface area contributed by atoms with Gasteiger partial charge in [-0.1, -0.05) is 12.1 Å². The standard InChI is InChI=1S/C12H15N3/c1-12(2,3)15-11-9-6-4-5-7-10(9)13-8-14-11/h4-8H,1-3H3,(H,13,14,15). The number of rotatable bonds is 1. The average molecular weight is 201 g/mol. The van der Waals surface area contributed by atoms with Crippen LogP contribution in [0, 0.1) is 0 Å². The molecule has 0 bridgehead atoms. The number of fused-ring (bicyclic) bond motifs is 1. The SMILES string of the molecule is CC(C)(C)Nc1ncnc2ccccc12. The first-order valence-electron chi connectivity index (χ1n) is 5.04. The number of nitrogens with one attached hydrogen (secondary N) is 1. The van der Waals surface area contributed by atoms with E-state index in [0.717, 1.165) is 16.7 Å². The lowest BCUT2D eigenvalue weighted by molar-refractivity contribution is 0.631. The smallest absolute Gasteiger partial charge is 0.137 e. The van der Waals surface area contributed by atoms with Crippen LogP contribution in [-0.4, -0.2) is 15.5 Å². The van der Waals surface area contributed by atoms with Crippen molar-refractivity contribution < 1.29 is 0 Å². The largest absolute Gasteiger partial charge is 0.365 e. The predicted molar refractivity (Wildman–Crippen MR) is 62.9 cm³/mol. The lowest BCUT2D eigenvalue weighted by atomic mass is 10.1. The molecule has 0 spiro atoms. The Kier molecular flexibility index (Phi) is 2.31. The van der Waals surface area contributed by atoms with Gasteiger partial charge in [-0.2, -0.15) is 0 Å². The number of anilines is 1. The molecule has 1 heterocycles. The molecule has 0 aliphatic carbocycles. The normalized spacial score (nSPS) is 11.7. The Morgan fingerprint density at radius 3 is 2.53 bits per heavy atom. The van der Waals surface area contributed by atoms with Crippen LogP contribution in [0.1, 0.15) is 20.8 Å². The predicted octanol–water partition coefficient (Wildman–Crippen LogP) is 2.84. The van der Waals surface area contributed by atoms with Crippen LogP contribution in [0.25, 0.3) is 10.9 Å². The van der Waals surface area contributed by atoms with Crippen molar-refractivity contribution in [2.24, 2.45) is 0 Å². The van der Waals surface area contributed by atoms with Crippen molar-refractivity contribution in [2.75, 3.05) is 5.32 Å². The maximum absolute atomic E-state index is 4.27. The minimum atomic E-state index is 0.0110. The van der Waals surface area contributed by atoms with Crippen molar-refractivity contribution >= 4 is 16.7 Å². The highest BCUT2D eigenvalue weighted by Gasteiger charge is 2.12. The molecule has 0 unspecified atom stereocenters. The van der Waals surface area contributed by atoms with E-state index in [1.54, 1.807) is 6.33 Å². The summed E-state index contributed by atoms with van der Waals surface area (Å²) in [5.74, 6) is 0.896. The Morgan fingerprint density at radius 1 is 1.07 bits per heavy atom. The van der Waals surface area contributed by atoms with E-state index in [4.69, 9.17) is 0 Å². The first-order valence-corrected chi connectivity index (χ1v) is 5.04. The summed E-state index contributed by atoms with van der Waals surface area (Å²) in [6.45, 7) is 6.34. The van der Waals surface area contributed by atoms with Crippen molar-refractivity contribution in [1.29, 1.82) is 0 Å². The van der Waals surface area contributed by atoms with Gasteiger partial charge in [-0.05, 0) is 32.9 Å². The van der Waals surface area contributed by atoms with E-state index in [1.807, 2.05) is 24.3 Å². The highest BCUT2D eigenvalue weighted by molar-refractivity contribution is 5.88. The quantitative estimate of drug-likeness (QED) is 0.771. The van der Waals surface area contributed by atoms with Crippen LogP contribution in [0.15, 0.2) is 30.6 Å². The molecule has 15 heavy (non-hydrogen) atoms. The van der Waals surface area contributed by atoms with E-state index in [0.29, 0.717) is 0 Å². The molecule has 0 fully saturated rings. The first kappa shape index (κ1) is 9.90. The van der Waals surface area contributed by atoms with Crippen molar-refractivity contribution in [2.45, 2.75) is 26.3 Å². The number of nitrogens with zero attached hydrogens (tertiary/aromatic N) is 2. The average Bonchev–Trinajstić information content (AvgIpc) is 2.16. The van der Waals surface area contributed by atoms with Gasteiger partial charge < -0.3 is 5.32 Å². The Morgan fingerprint density at radius 2 is 1.80 bits per heavy atom. The maximum atomic E-state index is 4.27. The zero-order chi connectivity index (χ0) is 10.9. The van der Waals surface area contributed by atoms with E-state index in [-0.39, 0.29) is 5.54 Å². The highest BCUT2D eigenvalue weighted by atomic mass is 15.1. The van der Waals surface area contributed by atoms with Crippen molar-refractivity contribution in [3.8, 4) is 0 Å². The molecule has 2 rings (SSSR count). The molecule has 0 amide bonds. The summed E-state index contributed by atoms with van der Waals surface area (Å²) in [6.07, 6.45) is 1.59. The van der Waals surface area contributed by atoms with Crippen LogP contribution in [0.5, 0.6) is 0 Å². The Balaban J connectivity index is 2.52. The molecule has 78 valence electrons. The van der Waals surface area contributed by atoms with Crippen LogP contribution < -0.4 is 5.32 Å². The minimum Gasteiger partial charge on any atom is -0.365 e. The molecule has 0 aliphatic rings. The van der Waals surface area contributed by atoms with Crippen molar-refractivity contribution in [1.82, 2.24) is 9.97 Å². The van der Waals surface area contributed by atoms with Gasteiger partial charge in [-0.25, -0.2) is 9.97 Å². The molecular weight excluding hydrogens is 186 g/mol. The number of para-hydroxylation sites is 1. The van der Waals surface area contributed by atoms with E-state index in [1.165, 1.54) is 0 Å². The van der Waals surface area contributed by atoms with E-state index in [2.05, 4.69) is 36.1 Å². The fraction of sp³-hybridized carbons (Fsp3) is 0.333. The fourth-order valence-electron chi connectivity index (χ4n) is 1.46. The van der Waals surface area contributed by atoms with Crippen molar-refractivity contribution in [3.63, 3.8) is 0 Å². The third-order valence-electron chi connectivity index (χ3n) is 2.04. The number of benzene rings is 1. The number of hydrogen-bond donors (Lipinski definition) is 1. The Labute approximate surface area is 89.6 Å². The molecule has 2 aromatic rings. The maximum Gasteiger partial charge on any atom is 0.137 e. The molecule has 1 aromatic heterocycles. The summed E-state index contributed by atoms with van der Waals surface area (Å²) < 4.78 is 0. The fourth-order valence-corrected chi connectivity index (χ4v) is 1.46. The molecule has 0 atom stereocenters. The summed E-state index contributed by atoms with van der Waals surface area (Å²) in [4.78, 5) is 8.49. The van der Waals surface area contributed by atoms with Crippen LogP contribution in [0.4, 0.5) is 5.82 Å². The second-order valence-corrected chi connectivity index (χ2v) is 4.61. The third kappa shape index (κ3) is 2.24. The number of aromatic nitrogens is 2. The van der Waals surface area contributed by atoms with Gasteiger partial charge in [-0.3, -0.25) is 0 Å². The Hall–Kier alpha value is -1.64. The third-order valence-corrected chi connectivity index (χ3v) is 2.04. The molecule has 0 saturated carbocycles. The first-order chi connectivity index (χ1) is 7.06. The molecular formula is C12H15N3. The van der Waals surface area contributed by atoms with Crippen LogP contribution >= 0.6 is 0 Å². The minimum absolute atomic E-state index is 0.0110. The van der Waals surface area contributed by atoms with Gasteiger partial charge in [0.05, 0.1) is 5.52 Å². The van der Waals surface area contributed by atoms with Crippen molar-refractivity contribution in [3.05, 3.63) is 30.6 Å². The van der Waals surface area contributed by atoms with E-state index in [9.17, 15) is 0 Å². The second kappa shape index (κ2) is 3.50. The molecule has 3 heteroatoms. The van der Waals surface area contributed by atoms with Gasteiger partial charge in [0.2, 0.25) is 0 Å². The summed E-state index contributed by atoms with van der Waals surface area (Å²) in [7, 11) is 0. The summed E-state index contributed by atoms with van der Waals surface area (Å²) >= 11 is 0. The van der Waals surface area contributed by atoms with Gasteiger partial charge in [0.15, 0.2) is 0 Å². The molecule has 1 N–H and O–H groups in total. The topological polar surface area (TPSA) is 37.8 Å². The molecule has 0 radical (unpaired) electrons. The van der Waals surface area contributed by atoms with Gasteiger partial charge in [0.1, 0.15) is 12.1 Å². The van der Waals surface area contributed by atoms with Gasteiger partial charge in [-0.15, -0.1) is 0 Å². The Bertz CT molecular complexity index is 466. The summed E-state index contributed by atoms with van der Waals surface area (Å²) in [5.41, 5.74) is 0.983. The number of hydrogen-bond acceptors (Lipinski definition) is 3. The molecule has 1 aromatic carbocycles. The molecule has 0 saturated heterocycles. The lowest BCUT2D eigenvalue weighted by Crippen LogP contribution is -2.26. The zero-order valence-corrected chi connectivity index (χ0v) is 9.28. The van der Waals surface area contributed by atoms with Gasteiger partial charge in [0.25, 0.3) is 0 Å². The molecule has 3 nitrogen and oxygen atoms in total. The van der Waals surface area contributed by atoms with Crippen LogP contribution in [-0.2, 0) is 0 Å². The summed E-state index contributed by atoms with van der Waals surface area (Å²) in [5, 5.41) is 4.44. The lowest BCUT2D eigenvalue weighted by Gasteiger charge is -2.21. The monoisotopic (exact) mass is 201 g/mol. The second-order valence-electron chi connectivity index (χ2n) is 4.61. The molecule has 0 aliphatic heterocycles. The van der Waals surface area contributed by atoms with Gasteiger partial charge in [0, 0.05) is 10.9 Å². The zero-order valence-electron chi connectivity index (χ0n) is 9.28. The van der Waals surface area contributed by atoms with E-state index < -0.39 is 0 Å². The van der Waals surface area contributed by atoms with Crippen LogP contribution in [0.2, 0.25) is 0 Å². The highest BCUT2D eigenvalue weighted by Crippen LogP contribution is 2.21.